The van der Waals surface area contributed by atoms with E-state index in [2.05, 4.69) is 26.1 Å². The number of likely N-dealkylation sites (tertiary alicyclic amines) is 1. The van der Waals surface area contributed by atoms with Gasteiger partial charge in [0, 0.05) is 12.6 Å². The smallest absolute Gasteiger partial charge is 0.242 e. The number of hydrogen-bond donors (Lipinski definition) is 2. The fourth-order valence-electron chi connectivity index (χ4n) is 2.65. The van der Waals surface area contributed by atoms with Crippen LogP contribution in [-0.2, 0) is 9.59 Å². The van der Waals surface area contributed by atoms with Crippen LogP contribution in [0.4, 0.5) is 0 Å². The van der Waals surface area contributed by atoms with Gasteiger partial charge in [-0.3, -0.25) is 9.59 Å². The summed E-state index contributed by atoms with van der Waals surface area (Å²) in [6, 6.07) is -0.300. The lowest BCUT2D eigenvalue weighted by atomic mass is 9.85. The molecule has 124 valence electrons. The molecule has 0 spiro atoms. The van der Waals surface area contributed by atoms with Crippen LogP contribution < -0.4 is 11.1 Å². The van der Waals surface area contributed by atoms with Gasteiger partial charge in [0.15, 0.2) is 0 Å². The van der Waals surface area contributed by atoms with Crippen molar-refractivity contribution in [1.29, 1.82) is 0 Å². The summed E-state index contributed by atoms with van der Waals surface area (Å²) in [6.07, 6.45) is 2.07. The molecule has 1 fully saturated rings. The van der Waals surface area contributed by atoms with Gasteiger partial charge in [-0.25, -0.2) is 0 Å². The Morgan fingerprint density at radius 3 is 2.38 bits per heavy atom. The summed E-state index contributed by atoms with van der Waals surface area (Å²) in [5.41, 5.74) is 5.83. The summed E-state index contributed by atoms with van der Waals surface area (Å²) in [5.74, 6) is -0.189. The van der Waals surface area contributed by atoms with E-state index in [1.165, 1.54) is 0 Å². The predicted molar refractivity (Wildman–Crippen MR) is 87.3 cm³/mol. The third kappa shape index (κ3) is 5.47. The van der Waals surface area contributed by atoms with Crippen molar-refractivity contribution in [2.75, 3.05) is 13.1 Å². The van der Waals surface area contributed by atoms with Crippen LogP contribution in [-0.4, -0.2) is 41.9 Å². The SMILES string of the molecule is CC(C)[C@H](N)C(=O)NCC(=O)N1CCCC1C(C)(C)C.Cl. The van der Waals surface area contributed by atoms with Crippen molar-refractivity contribution in [2.24, 2.45) is 17.1 Å². The Labute approximate surface area is 134 Å². The van der Waals surface area contributed by atoms with Crippen LogP contribution in [0.25, 0.3) is 0 Å². The van der Waals surface area contributed by atoms with Gasteiger partial charge in [0.05, 0.1) is 12.6 Å². The molecule has 1 aliphatic heterocycles. The molecule has 0 aromatic carbocycles. The van der Waals surface area contributed by atoms with Crippen LogP contribution in [0, 0.1) is 11.3 Å². The fraction of sp³-hybridized carbons (Fsp3) is 0.867. The largest absolute Gasteiger partial charge is 0.346 e. The van der Waals surface area contributed by atoms with Crippen molar-refractivity contribution < 1.29 is 9.59 Å². The highest BCUT2D eigenvalue weighted by Crippen LogP contribution is 2.32. The number of carbonyl (C=O) groups is 2. The minimum absolute atomic E-state index is 0. The summed E-state index contributed by atoms with van der Waals surface area (Å²) in [5, 5.41) is 2.66. The van der Waals surface area contributed by atoms with E-state index in [0.717, 1.165) is 19.4 Å². The molecule has 0 radical (unpaired) electrons. The first-order valence-corrected chi connectivity index (χ1v) is 7.47. The average molecular weight is 320 g/mol. The van der Waals surface area contributed by atoms with E-state index in [1.807, 2.05) is 18.7 Å². The summed E-state index contributed by atoms with van der Waals surface area (Å²) in [4.78, 5) is 25.9. The molecule has 21 heavy (non-hydrogen) atoms. The van der Waals surface area contributed by atoms with Crippen LogP contribution in [0.15, 0.2) is 0 Å². The molecule has 0 aliphatic carbocycles. The number of nitrogens with one attached hydrogen (secondary N) is 1. The van der Waals surface area contributed by atoms with E-state index >= 15 is 0 Å². The van der Waals surface area contributed by atoms with Crippen molar-refractivity contribution in [2.45, 2.75) is 59.5 Å². The summed E-state index contributed by atoms with van der Waals surface area (Å²) in [6.45, 7) is 11.1. The number of amides is 2. The molecule has 1 rings (SSSR count). The van der Waals surface area contributed by atoms with E-state index in [-0.39, 0.29) is 48.1 Å². The number of hydrogen-bond acceptors (Lipinski definition) is 3. The lowest BCUT2D eigenvalue weighted by Gasteiger charge is -2.35. The number of nitrogens with zero attached hydrogens (tertiary/aromatic N) is 1. The molecule has 0 bridgehead atoms. The van der Waals surface area contributed by atoms with Gasteiger partial charge in [-0.05, 0) is 24.2 Å². The first-order valence-electron chi connectivity index (χ1n) is 7.47. The van der Waals surface area contributed by atoms with Gasteiger partial charge in [-0.2, -0.15) is 0 Å². The predicted octanol–water partition coefficient (Wildman–Crippen LogP) is 1.54. The minimum Gasteiger partial charge on any atom is -0.346 e. The minimum atomic E-state index is -0.556. The number of halogens is 1. The Bertz CT molecular complexity index is 366. The molecule has 0 saturated carbocycles. The van der Waals surface area contributed by atoms with Crippen LogP contribution in [0.1, 0.15) is 47.5 Å². The highest BCUT2D eigenvalue weighted by atomic mass is 35.5. The van der Waals surface area contributed by atoms with Crippen molar-refractivity contribution >= 4 is 24.2 Å². The molecular formula is C15H30ClN3O2. The zero-order chi connectivity index (χ0) is 15.5. The van der Waals surface area contributed by atoms with Crippen molar-refractivity contribution in [3.63, 3.8) is 0 Å². The molecule has 3 N–H and O–H groups in total. The van der Waals surface area contributed by atoms with Crippen LogP contribution in [0.2, 0.25) is 0 Å². The summed E-state index contributed by atoms with van der Waals surface area (Å²) < 4.78 is 0. The molecule has 2 atom stereocenters. The lowest BCUT2D eigenvalue weighted by Crippen LogP contribution is -2.50. The third-order valence-corrected chi connectivity index (χ3v) is 4.01. The van der Waals surface area contributed by atoms with Crippen molar-refractivity contribution in [1.82, 2.24) is 10.2 Å². The van der Waals surface area contributed by atoms with E-state index < -0.39 is 6.04 Å². The van der Waals surface area contributed by atoms with E-state index in [1.54, 1.807) is 0 Å². The van der Waals surface area contributed by atoms with Gasteiger partial charge in [0.25, 0.3) is 0 Å². The number of nitrogens with two attached hydrogens (primary N) is 1. The van der Waals surface area contributed by atoms with Gasteiger partial charge < -0.3 is 16.0 Å². The first kappa shape index (κ1) is 20.2. The second-order valence-electron chi connectivity index (χ2n) is 7.10. The zero-order valence-electron chi connectivity index (χ0n) is 13.8. The third-order valence-electron chi connectivity index (χ3n) is 4.01. The maximum atomic E-state index is 12.3. The molecule has 6 heteroatoms. The highest BCUT2D eigenvalue weighted by molar-refractivity contribution is 5.87. The van der Waals surface area contributed by atoms with Crippen LogP contribution in [0.5, 0.6) is 0 Å². The van der Waals surface area contributed by atoms with Gasteiger partial charge in [0.1, 0.15) is 0 Å². The van der Waals surface area contributed by atoms with Gasteiger partial charge >= 0.3 is 0 Å². The molecule has 1 aliphatic rings. The summed E-state index contributed by atoms with van der Waals surface area (Å²) >= 11 is 0. The lowest BCUT2D eigenvalue weighted by molar-refractivity contribution is -0.135. The quantitative estimate of drug-likeness (QED) is 0.825. The molecule has 1 unspecified atom stereocenters. The molecule has 0 aromatic rings. The van der Waals surface area contributed by atoms with E-state index in [0.29, 0.717) is 0 Å². The standard InChI is InChI=1S/C15H29N3O2.ClH/c1-10(2)13(16)14(20)17-9-12(19)18-8-6-7-11(18)15(3,4)5;/h10-11,13H,6-9,16H2,1-5H3,(H,17,20);1H/t11?,13-;/m0./s1. The highest BCUT2D eigenvalue weighted by Gasteiger charge is 2.36. The second-order valence-corrected chi connectivity index (χ2v) is 7.10. The van der Waals surface area contributed by atoms with Gasteiger partial charge in [-0.15, -0.1) is 12.4 Å². The second kappa shape index (κ2) is 7.99. The van der Waals surface area contributed by atoms with Gasteiger partial charge in [-0.1, -0.05) is 34.6 Å². The van der Waals surface area contributed by atoms with E-state index in [4.69, 9.17) is 5.73 Å². The van der Waals surface area contributed by atoms with Crippen LogP contribution in [0.3, 0.4) is 0 Å². The number of rotatable bonds is 4. The monoisotopic (exact) mass is 319 g/mol. The molecule has 2 amide bonds. The zero-order valence-corrected chi connectivity index (χ0v) is 14.6. The first-order chi connectivity index (χ1) is 9.14. The Kier molecular flexibility index (Phi) is 7.68. The van der Waals surface area contributed by atoms with Crippen molar-refractivity contribution in [3.05, 3.63) is 0 Å². The summed E-state index contributed by atoms with van der Waals surface area (Å²) in [7, 11) is 0. The molecular weight excluding hydrogens is 290 g/mol. The topological polar surface area (TPSA) is 75.4 Å². The normalized spacial score (nSPS) is 20.1. The Morgan fingerprint density at radius 1 is 1.33 bits per heavy atom. The molecule has 1 saturated heterocycles. The fourth-order valence-corrected chi connectivity index (χ4v) is 2.65. The Hall–Kier alpha value is -0.810. The molecule has 5 nitrogen and oxygen atoms in total. The molecule has 0 aromatic heterocycles. The maximum absolute atomic E-state index is 12.3. The molecule has 1 heterocycles. The average Bonchev–Trinajstić information content (AvgIpc) is 2.83. The van der Waals surface area contributed by atoms with Gasteiger partial charge in [0.2, 0.25) is 11.8 Å². The Balaban J connectivity index is 0.00000400. The maximum Gasteiger partial charge on any atom is 0.242 e. The van der Waals surface area contributed by atoms with E-state index in [9.17, 15) is 9.59 Å². The number of carbonyl (C=O) groups excluding carboxylic acids is 2. The van der Waals surface area contributed by atoms with Crippen molar-refractivity contribution in [3.8, 4) is 0 Å². The Morgan fingerprint density at radius 2 is 1.90 bits per heavy atom. The van der Waals surface area contributed by atoms with Crippen LogP contribution >= 0.6 is 12.4 Å².